The van der Waals surface area contributed by atoms with Gasteiger partial charge in [-0.15, -0.1) is 0 Å². The SMILES string of the molecule is COc1cccc(C(=O)Nc2cc(S(N)(=O)=O)cc(C)c2C)c1. The summed E-state index contributed by atoms with van der Waals surface area (Å²) in [5.74, 6) is 0.196. The number of nitrogens with two attached hydrogens (primary N) is 1. The summed E-state index contributed by atoms with van der Waals surface area (Å²) >= 11 is 0. The lowest BCUT2D eigenvalue weighted by Gasteiger charge is -2.13. The highest BCUT2D eigenvalue weighted by atomic mass is 32.2. The highest BCUT2D eigenvalue weighted by Gasteiger charge is 2.15. The third-order valence-electron chi connectivity index (χ3n) is 3.55. The molecule has 0 heterocycles. The van der Waals surface area contributed by atoms with Gasteiger partial charge in [-0.1, -0.05) is 6.07 Å². The van der Waals surface area contributed by atoms with Gasteiger partial charge in [0.15, 0.2) is 0 Å². The van der Waals surface area contributed by atoms with Gasteiger partial charge in [-0.2, -0.15) is 0 Å². The number of rotatable bonds is 4. The maximum Gasteiger partial charge on any atom is 0.255 e. The molecule has 122 valence electrons. The monoisotopic (exact) mass is 334 g/mol. The van der Waals surface area contributed by atoms with Crippen molar-refractivity contribution >= 4 is 21.6 Å². The molecule has 7 heteroatoms. The Bertz CT molecular complexity index is 860. The molecule has 3 N–H and O–H groups in total. The highest BCUT2D eigenvalue weighted by molar-refractivity contribution is 7.89. The van der Waals surface area contributed by atoms with Crippen molar-refractivity contribution in [2.45, 2.75) is 18.7 Å². The number of sulfonamides is 1. The summed E-state index contributed by atoms with van der Waals surface area (Å²) < 4.78 is 28.2. The number of nitrogens with one attached hydrogen (secondary N) is 1. The molecule has 0 aliphatic rings. The lowest BCUT2D eigenvalue weighted by atomic mass is 10.1. The molecule has 0 bridgehead atoms. The second-order valence-corrected chi connectivity index (χ2v) is 6.71. The van der Waals surface area contributed by atoms with Crippen LogP contribution in [0.1, 0.15) is 21.5 Å². The summed E-state index contributed by atoms with van der Waals surface area (Å²) in [6, 6.07) is 9.51. The van der Waals surface area contributed by atoms with E-state index >= 15 is 0 Å². The van der Waals surface area contributed by atoms with Crippen molar-refractivity contribution in [3.63, 3.8) is 0 Å². The van der Waals surface area contributed by atoms with Gasteiger partial charge >= 0.3 is 0 Å². The topological polar surface area (TPSA) is 98.5 Å². The first-order chi connectivity index (χ1) is 10.7. The van der Waals surface area contributed by atoms with Gasteiger partial charge in [-0.3, -0.25) is 4.79 Å². The smallest absolute Gasteiger partial charge is 0.255 e. The molecule has 0 atom stereocenters. The normalized spacial score (nSPS) is 11.1. The van der Waals surface area contributed by atoms with Crippen LogP contribution in [0.3, 0.4) is 0 Å². The van der Waals surface area contributed by atoms with Gasteiger partial charge in [0.05, 0.1) is 12.0 Å². The third-order valence-corrected chi connectivity index (χ3v) is 4.44. The number of anilines is 1. The molecule has 0 radical (unpaired) electrons. The van der Waals surface area contributed by atoms with Crippen LogP contribution in [-0.2, 0) is 10.0 Å². The Morgan fingerprint density at radius 1 is 1.17 bits per heavy atom. The average molecular weight is 334 g/mol. The minimum absolute atomic E-state index is 0.0402. The fourth-order valence-corrected chi connectivity index (χ4v) is 2.70. The zero-order valence-electron chi connectivity index (χ0n) is 13.1. The minimum atomic E-state index is -3.85. The first-order valence-corrected chi connectivity index (χ1v) is 8.36. The van der Waals surface area contributed by atoms with Crippen LogP contribution in [0.2, 0.25) is 0 Å². The second-order valence-electron chi connectivity index (χ2n) is 5.14. The van der Waals surface area contributed by atoms with Crippen molar-refractivity contribution in [3.8, 4) is 5.75 Å². The van der Waals surface area contributed by atoms with Gasteiger partial charge in [0, 0.05) is 11.3 Å². The summed E-state index contributed by atoms with van der Waals surface area (Å²) in [7, 11) is -2.33. The number of carbonyl (C=O) groups is 1. The number of primary sulfonamides is 1. The van der Waals surface area contributed by atoms with E-state index in [1.807, 2.05) is 0 Å². The maximum absolute atomic E-state index is 12.4. The Morgan fingerprint density at radius 3 is 2.48 bits per heavy atom. The Labute approximate surface area is 135 Å². The van der Waals surface area contributed by atoms with Gasteiger partial charge in [0.1, 0.15) is 5.75 Å². The average Bonchev–Trinajstić information content (AvgIpc) is 2.50. The van der Waals surface area contributed by atoms with Crippen molar-refractivity contribution in [1.82, 2.24) is 0 Å². The van der Waals surface area contributed by atoms with E-state index in [4.69, 9.17) is 9.88 Å². The van der Waals surface area contributed by atoms with E-state index in [0.717, 1.165) is 11.1 Å². The van der Waals surface area contributed by atoms with Crippen LogP contribution in [0.25, 0.3) is 0 Å². The van der Waals surface area contributed by atoms with E-state index in [0.29, 0.717) is 17.0 Å². The predicted octanol–water partition coefficient (Wildman–Crippen LogP) is 2.21. The Morgan fingerprint density at radius 2 is 1.87 bits per heavy atom. The molecule has 6 nitrogen and oxygen atoms in total. The lowest BCUT2D eigenvalue weighted by molar-refractivity contribution is 0.102. The molecule has 2 rings (SSSR count). The zero-order valence-corrected chi connectivity index (χ0v) is 13.9. The Hall–Kier alpha value is -2.38. The first kappa shape index (κ1) is 17.0. The molecule has 0 aliphatic heterocycles. The second kappa shape index (κ2) is 6.39. The largest absolute Gasteiger partial charge is 0.497 e. The summed E-state index contributed by atoms with van der Waals surface area (Å²) in [5, 5.41) is 7.88. The molecule has 23 heavy (non-hydrogen) atoms. The molecule has 0 saturated carbocycles. The van der Waals surface area contributed by atoms with Crippen LogP contribution in [0.15, 0.2) is 41.3 Å². The number of ether oxygens (including phenoxy) is 1. The predicted molar refractivity (Wildman–Crippen MR) is 88.2 cm³/mol. The zero-order chi connectivity index (χ0) is 17.2. The van der Waals surface area contributed by atoms with Crippen molar-refractivity contribution in [1.29, 1.82) is 0 Å². The summed E-state index contributed by atoms with van der Waals surface area (Å²) in [6.45, 7) is 3.55. The molecule has 0 spiro atoms. The molecule has 0 aliphatic carbocycles. The van der Waals surface area contributed by atoms with E-state index < -0.39 is 10.0 Å². The molecule has 0 aromatic heterocycles. The van der Waals surface area contributed by atoms with E-state index in [2.05, 4.69) is 5.32 Å². The van der Waals surface area contributed by atoms with Crippen LogP contribution >= 0.6 is 0 Å². The minimum Gasteiger partial charge on any atom is -0.497 e. The molecule has 2 aromatic rings. The molecular formula is C16H18N2O4S. The maximum atomic E-state index is 12.4. The quantitative estimate of drug-likeness (QED) is 0.895. The van der Waals surface area contributed by atoms with Crippen molar-refractivity contribution in [2.24, 2.45) is 5.14 Å². The number of amides is 1. The van der Waals surface area contributed by atoms with Crippen LogP contribution in [0, 0.1) is 13.8 Å². The van der Waals surface area contributed by atoms with Crippen LogP contribution < -0.4 is 15.2 Å². The summed E-state index contributed by atoms with van der Waals surface area (Å²) in [5.41, 5.74) is 2.30. The first-order valence-electron chi connectivity index (χ1n) is 6.82. The fourth-order valence-electron chi connectivity index (χ4n) is 2.08. The van der Waals surface area contributed by atoms with Gasteiger partial charge < -0.3 is 10.1 Å². The third kappa shape index (κ3) is 3.88. The highest BCUT2D eigenvalue weighted by Crippen LogP contribution is 2.24. The van der Waals surface area contributed by atoms with E-state index in [9.17, 15) is 13.2 Å². The number of methoxy groups -OCH3 is 1. The molecule has 0 unspecified atom stereocenters. The number of carbonyl (C=O) groups excluding carboxylic acids is 1. The van der Waals surface area contributed by atoms with Crippen molar-refractivity contribution in [3.05, 3.63) is 53.1 Å². The molecule has 1 amide bonds. The van der Waals surface area contributed by atoms with E-state index in [1.54, 1.807) is 38.1 Å². The van der Waals surface area contributed by atoms with Crippen LogP contribution in [0.4, 0.5) is 5.69 Å². The molecular weight excluding hydrogens is 316 g/mol. The Balaban J connectivity index is 2.39. The molecule has 2 aromatic carbocycles. The molecule has 0 fully saturated rings. The summed E-state index contributed by atoms with van der Waals surface area (Å²) in [4.78, 5) is 12.3. The van der Waals surface area contributed by atoms with Crippen molar-refractivity contribution < 1.29 is 17.9 Å². The lowest BCUT2D eigenvalue weighted by Crippen LogP contribution is -2.16. The van der Waals surface area contributed by atoms with E-state index in [1.165, 1.54) is 19.2 Å². The molecule has 0 saturated heterocycles. The fraction of sp³-hybridized carbons (Fsp3) is 0.188. The van der Waals surface area contributed by atoms with Gasteiger partial charge in [-0.25, -0.2) is 13.6 Å². The number of hydrogen-bond donors (Lipinski definition) is 2. The van der Waals surface area contributed by atoms with E-state index in [-0.39, 0.29) is 10.8 Å². The Kier molecular flexibility index (Phi) is 4.72. The van der Waals surface area contributed by atoms with Crippen molar-refractivity contribution in [2.75, 3.05) is 12.4 Å². The van der Waals surface area contributed by atoms with Crippen LogP contribution in [-0.4, -0.2) is 21.4 Å². The van der Waals surface area contributed by atoms with Crippen LogP contribution in [0.5, 0.6) is 5.75 Å². The van der Waals surface area contributed by atoms with Gasteiger partial charge in [0.25, 0.3) is 5.91 Å². The number of benzene rings is 2. The standard InChI is InChI=1S/C16H18N2O4S/c1-10-7-14(23(17,20)21)9-15(11(10)2)18-16(19)12-5-4-6-13(8-12)22-3/h4-9H,1-3H3,(H,18,19)(H2,17,20,21). The van der Waals surface area contributed by atoms with Gasteiger partial charge in [0.2, 0.25) is 10.0 Å². The number of aryl methyl sites for hydroxylation is 1. The summed E-state index contributed by atoms with van der Waals surface area (Å²) in [6.07, 6.45) is 0. The number of hydrogen-bond acceptors (Lipinski definition) is 4. The van der Waals surface area contributed by atoms with Gasteiger partial charge in [-0.05, 0) is 55.3 Å².